The minimum Gasteiger partial charge on any atom is -0.382 e. The average molecular weight is 234 g/mol. The number of nitrogens with two attached hydrogens (primary N) is 1. The van der Waals surface area contributed by atoms with Gasteiger partial charge in [0.1, 0.15) is 23.1 Å². The second kappa shape index (κ2) is 4.22. The van der Waals surface area contributed by atoms with Crippen molar-refractivity contribution in [3.8, 4) is 11.8 Å². The maximum Gasteiger partial charge on any atom is 0.283 e. The number of alkyl halides is 2. The summed E-state index contributed by atoms with van der Waals surface area (Å²) < 4.78 is 26.4. The normalized spacial score (nSPS) is 10.5. The molecule has 0 aliphatic heterocycles. The second-order valence-electron chi connectivity index (χ2n) is 3.31. The summed E-state index contributed by atoms with van der Waals surface area (Å²) in [5.74, 6) is -0.0750. The number of rotatable bonds is 2. The molecule has 2 aromatic rings. The van der Waals surface area contributed by atoms with Gasteiger partial charge in [-0.3, -0.25) is 0 Å². The van der Waals surface area contributed by atoms with E-state index in [0.717, 1.165) is 4.68 Å². The summed E-state index contributed by atoms with van der Waals surface area (Å²) in [5, 5.41) is 12.5. The number of nitriles is 1. The molecular weight excluding hydrogens is 226 g/mol. The fraction of sp³-hybridized carbons (Fsp3) is 0.0909. The highest BCUT2D eigenvalue weighted by Gasteiger charge is 2.23. The molecule has 0 saturated heterocycles. The summed E-state index contributed by atoms with van der Waals surface area (Å²) in [6, 6.07) is 10.2. The zero-order valence-electron chi connectivity index (χ0n) is 8.64. The molecule has 0 amide bonds. The summed E-state index contributed by atoms with van der Waals surface area (Å²) >= 11 is 0. The highest BCUT2D eigenvalue weighted by molar-refractivity contribution is 5.56. The Bertz CT molecular complexity index is 569. The van der Waals surface area contributed by atoms with E-state index < -0.39 is 12.1 Å². The first-order valence-electron chi connectivity index (χ1n) is 4.77. The zero-order valence-corrected chi connectivity index (χ0v) is 8.64. The van der Waals surface area contributed by atoms with E-state index in [0.29, 0.717) is 5.69 Å². The van der Waals surface area contributed by atoms with Gasteiger partial charge in [0.25, 0.3) is 6.43 Å². The highest BCUT2D eigenvalue weighted by atomic mass is 19.3. The van der Waals surface area contributed by atoms with Crippen LogP contribution in [0.1, 0.15) is 17.7 Å². The van der Waals surface area contributed by atoms with Gasteiger partial charge in [-0.05, 0) is 12.1 Å². The van der Waals surface area contributed by atoms with Gasteiger partial charge in [0.2, 0.25) is 0 Å². The van der Waals surface area contributed by atoms with Gasteiger partial charge in [-0.2, -0.15) is 10.4 Å². The quantitative estimate of drug-likeness (QED) is 0.866. The Morgan fingerprint density at radius 3 is 2.41 bits per heavy atom. The number of hydrogen-bond acceptors (Lipinski definition) is 3. The lowest BCUT2D eigenvalue weighted by Gasteiger charge is -2.02. The fourth-order valence-corrected chi connectivity index (χ4v) is 1.48. The summed E-state index contributed by atoms with van der Waals surface area (Å²) in [6.45, 7) is 0. The lowest BCUT2D eigenvalue weighted by atomic mass is 10.2. The van der Waals surface area contributed by atoms with E-state index in [1.807, 2.05) is 0 Å². The third-order valence-corrected chi connectivity index (χ3v) is 2.27. The molecule has 0 saturated carbocycles. The Morgan fingerprint density at radius 1 is 1.29 bits per heavy atom. The molecule has 0 spiro atoms. The van der Waals surface area contributed by atoms with Crippen molar-refractivity contribution >= 4 is 5.82 Å². The van der Waals surface area contributed by atoms with E-state index in [-0.39, 0.29) is 11.4 Å². The lowest BCUT2D eigenvalue weighted by molar-refractivity contribution is 0.145. The molecule has 0 bridgehead atoms. The van der Waals surface area contributed by atoms with Gasteiger partial charge in [-0.15, -0.1) is 0 Å². The summed E-state index contributed by atoms with van der Waals surface area (Å²) in [4.78, 5) is 0. The van der Waals surface area contributed by atoms with Crippen LogP contribution >= 0.6 is 0 Å². The first-order valence-corrected chi connectivity index (χ1v) is 4.77. The van der Waals surface area contributed by atoms with E-state index >= 15 is 0 Å². The SMILES string of the molecule is N#Cc1c(C(F)F)nn(-c2ccccc2)c1N. The number of halogens is 2. The van der Waals surface area contributed by atoms with Crippen molar-refractivity contribution in [1.29, 1.82) is 5.26 Å². The minimum atomic E-state index is -2.82. The average Bonchev–Trinajstić information content (AvgIpc) is 2.67. The Hall–Kier alpha value is -2.42. The smallest absolute Gasteiger partial charge is 0.283 e. The van der Waals surface area contributed by atoms with Gasteiger partial charge in [-0.1, -0.05) is 18.2 Å². The molecule has 0 atom stereocenters. The molecule has 1 heterocycles. The topological polar surface area (TPSA) is 67.6 Å². The van der Waals surface area contributed by atoms with Gasteiger partial charge in [0.05, 0.1) is 5.69 Å². The van der Waals surface area contributed by atoms with Crippen molar-refractivity contribution in [2.24, 2.45) is 0 Å². The molecule has 0 aliphatic rings. The summed E-state index contributed by atoms with van der Waals surface area (Å²) in [5.41, 5.74) is 5.30. The van der Waals surface area contributed by atoms with Gasteiger partial charge in [0, 0.05) is 0 Å². The Balaban J connectivity index is 2.62. The van der Waals surface area contributed by atoms with E-state index in [1.165, 1.54) is 0 Å². The Morgan fingerprint density at radius 2 is 1.94 bits per heavy atom. The molecule has 0 unspecified atom stereocenters. The van der Waals surface area contributed by atoms with Gasteiger partial charge in [-0.25, -0.2) is 13.5 Å². The fourth-order valence-electron chi connectivity index (χ4n) is 1.48. The van der Waals surface area contributed by atoms with Crippen molar-refractivity contribution < 1.29 is 8.78 Å². The monoisotopic (exact) mass is 234 g/mol. The van der Waals surface area contributed by atoms with Crippen LogP contribution in [0.15, 0.2) is 30.3 Å². The molecule has 0 radical (unpaired) electrons. The van der Waals surface area contributed by atoms with Crippen molar-refractivity contribution in [1.82, 2.24) is 9.78 Å². The molecule has 2 N–H and O–H groups in total. The minimum absolute atomic E-state index is 0.0750. The first-order chi connectivity index (χ1) is 8.15. The summed E-state index contributed by atoms with van der Waals surface area (Å²) in [7, 11) is 0. The molecule has 86 valence electrons. The van der Waals surface area contributed by atoms with Crippen LogP contribution in [-0.2, 0) is 0 Å². The Labute approximate surface area is 95.9 Å². The highest BCUT2D eigenvalue weighted by Crippen LogP contribution is 2.27. The van der Waals surface area contributed by atoms with Crippen molar-refractivity contribution in [2.45, 2.75) is 6.43 Å². The second-order valence-corrected chi connectivity index (χ2v) is 3.31. The maximum atomic E-state index is 12.6. The van der Waals surface area contributed by atoms with Crippen LogP contribution < -0.4 is 5.73 Å². The third kappa shape index (κ3) is 1.83. The van der Waals surface area contributed by atoms with Crippen molar-refractivity contribution in [3.63, 3.8) is 0 Å². The van der Waals surface area contributed by atoms with Crippen LogP contribution in [0.5, 0.6) is 0 Å². The van der Waals surface area contributed by atoms with Crippen molar-refractivity contribution in [2.75, 3.05) is 5.73 Å². The molecule has 0 aliphatic carbocycles. The van der Waals surface area contributed by atoms with E-state index in [2.05, 4.69) is 5.10 Å². The predicted molar refractivity (Wildman–Crippen MR) is 57.6 cm³/mol. The van der Waals surface area contributed by atoms with Crippen LogP contribution in [0.3, 0.4) is 0 Å². The molecular formula is C11H8F2N4. The molecule has 0 fully saturated rings. The molecule has 1 aromatic heterocycles. The number of nitrogens with zero attached hydrogens (tertiary/aromatic N) is 3. The maximum absolute atomic E-state index is 12.6. The molecule has 6 heteroatoms. The van der Waals surface area contributed by atoms with Crippen LogP contribution in [0.4, 0.5) is 14.6 Å². The van der Waals surface area contributed by atoms with E-state index in [9.17, 15) is 8.78 Å². The van der Waals surface area contributed by atoms with E-state index in [4.69, 9.17) is 11.0 Å². The number of para-hydroxylation sites is 1. The van der Waals surface area contributed by atoms with E-state index in [1.54, 1.807) is 36.4 Å². The zero-order chi connectivity index (χ0) is 12.4. The predicted octanol–water partition coefficient (Wildman–Crippen LogP) is 2.26. The third-order valence-electron chi connectivity index (χ3n) is 2.27. The van der Waals surface area contributed by atoms with Crippen LogP contribution in [0.2, 0.25) is 0 Å². The van der Waals surface area contributed by atoms with Gasteiger partial charge in [0.15, 0.2) is 0 Å². The van der Waals surface area contributed by atoms with Crippen molar-refractivity contribution in [3.05, 3.63) is 41.6 Å². The standard InChI is InChI=1S/C11H8F2N4/c12-10(13)9-8(6-14)11(15)17(16-9)7-4-2-1-3-5-7/h1-5,10H,15H2. The largest absolute Gasteiger partial charge is 0.382 e. The number of nitrogen functional groups attached to an aromatic ring is 1. The molecule has 4 nitrogen and oxygen atoms in total. The Kier molecular flexibility index (Phi) is 2.75. The number of aromatic nitrogens is 2. The number of hydrogen-bond donors (Lipinski definition) is 1. The van der Waals surface area contributed by atoms with Crippen LogP contribution in [0.25, 0.3) is 5.69 Å². The lowest BCUT2D eigenvalue weighted by Crippen LogP contribution is -2.02. The van der Waals surface area contributed by atoms with Crippen LogP contribution in [-0.4, -0.2) is 9.78 Å². The molecule has 2 rings (SSSR count). The molecule has 17 heavy (non-hydrogen) atoms. The first kappa shape index (κ1) is 11.1. The number of anilines is 1. The van der Waals surface area contributed by atoms with Crippen LogP contribution in [0, 0.1) is 11.3 Å². The number of benzene rings is 1. The summed E-state index contributed by atoms with van der Waals surface area (Å²) in [6.07, 6.45) is -2.82. The molecule has 1 aromatic carbocycles. The van der Waals surface area contributed by atoms with Gasteiger partial charge < -0.3 is 5.73 Å². The van der Waals surface area contributed by atoms with Gasteiger partial charge >= 0.3 is 0 Å².